The highest BCUT2D eigenvalue weighted by molar-refractivity contribution is 7.99. The third-order valence-corrected chi connectivity index (χ3v) is 8.74. The van der Waals surface area contributed by atoms with Gasteiger partial charge in [-0.05, 0) is 59.7 Å². The molecule has 1 aliphatic rings. The van der Waals surface area contributed by atoms with Crippen molar-refractivity contribution in [3.8, 4) is 33.6 Å². The first kappa shape index (κ1) is 23.8. The Hall–Kier alpha value is -5.06. The summed E-state index contributed by atoms with van der Waals surface area (Å²) in [6.45, 7) is 0. The number of benzene rings is 5. The molecule has 3 heterocycles. The van der Waals surface area contributed by atoms with E-state index < -0.39 is 0 Å². The van der Waals surface area contributed by atoms with Gasteiger partial charge in [0, 0.05) is 32.8 Å². The molecule has 3 nitrogen and oxygen atoms in total. The van der Waals surface area contributed by atoms with Gasteiger partial charge in [0.05, 0.1) is 22.8 Å². The molecule has 0 saturated carbocycles. The summed E-state index contributed by atoms with van der Waals surface area (Å²) in [5.74, 6) is 0. The monoisotopic (exact) mass is 543 g/mol. The van der Waals surface area contributed by atoms with E-state index in [2.05, 4.69) is 155 Å². The number of nitrogens with zero attached hydrogens (tertiary/aromatic N) is 3. The van der Waals surface area contributed by atoms with Gasteiger partial charge in [-0.15, -0.1) is 0 Å². The van der Waals surface area contributed by atoms with Crippen LogP contribution in [0.15, 0.2) is 162 Å². The fourth-order valence-electron chi connectivity index (χ4n) is 5.68. The summed E-state index contributed by atoms with van der Waals surface area (Å²) in [7, 11) is 0. The zero-order valence-corrected chi connectivity index (χ0v) is 23.0. The quantitative estimate of drug-likeness (QED) is 0.220. The number of para-hydroxylation sites is 2. The van der Waals surface area contributed by atoms with Gasteiger partial charge in [-0.3, -0.25) is 4.40 Å². The van der Waals surface area contributed by atoms with E-state index in [0.717, 1.165) is 45.0 Å². The molecule has 0 saturated heterocycles. The second-order valence-electron chi connectivity index (χ2n) is 10.1. The van der Waals surface area contributed by atoms with Crippen molar-refractivity contribution < 1.29 is 0 Å². The number of fused-ring (bicyclic) bond motifs is 3. The average Bonchev–Trinajstić information content (AvgIpc) is 3.43. The molecular weight excluding hydrogens is 518 g/mol. The van der Waals surface area contributed by atoms with Gasteiger partial charge in [-0.2, -0.15) is 0 Å². The zero-order valence-electron chi connectivity index (χ0n) is 22.2. The second-order valence-corrected chi connectivity index (χ2v) is 11.2. The van der Waals surface area contributed by atoms with E-state index in [1.165, 1.54) is 21.2 Å². The topological polar surface area (TPSA) is 20.5 Å². The summed E-state index contributed by atoms with van der Waals surface area (Å²) >= 11 is 1.83. The highest BCUT2D eigenvalue weighted by Gasteiger charge is 2.24. The number of hydrogen-bond donors (Lipinski definition) is 0. The predicted octanol–water partition coefficient (Wildman–Crippen LogP) is 10.3. The highest BCUT2D eigenvalue weighted by atomic mass is 32.2. The Morgan fingerprint density at radius 2 is 1.07 bits per heavy atom. The molecule has 5 aromatic carbocycles. The molecule has 0 radical (unpaired) electrons. The molecule has 0 bridgehead atoms. The molecule has 1 aliphatic heterocycles. The summed E-state index contributed by atoms with van der Waals surface area (Å²) in [4.78, 5) is 10.0. The van der Waals surface area contributed by atoms with Crippen LogP contribution in [0.5, 0.6) is 0 Å². The van der Waals surface area contributed by atoms with E-state index in [-0.39, 0.29) is 0 Å². The van der Waals surface area contributed by atoms with Gasteiger partial charge in [0.25, 0.3) is 0 Å². The van der Waals surface area contributed by atoms with Gasteiger partial charge in [0.2, 0.25) is 0 Å². The van der Waals surface area contributed by atoms with E-state index in [1.807, 2.05) is 17.8 Å². The minimum Gasteiger partial charge on any atom is -0.308 e. The molecule has 0 N–H and O–H groups in total. The van der Waals surface area contributed by atoms with Crippen LogP contribution in [0.2, 0.25) is 0 Å². The molecule has 0 unspecified atom stereocenters. The maximum atomic E-state index is 5.14. The van der Waals surface area contributed by atoms with Crippen molar-refractivity contribution in [3.05, 3.63) is 152 Å². The van der Waals surface area contributed by atoms with Crippen molar-refractivity contribution in [1.29, 1.82) is 0 Å². The minimum atomic E-state index is 0.931. The third kappa shape index (κ3) is 4.12. The number of aromatic nitrogens is 2. The lowest BCUT2D eigenvalue weighted by atomic mass is 10.0. The summed E-state index contributed by atoms with van der Waals surface area (Å²) in [6, 6.07) is 51.5. The predicted molar refractivity (Wildman–Crippen MR) is 170 cm³/mol. The van der Waals surface area contributed by atoms with Crippen molar-refractivity contribution in [1.82, 2.24) is 9.38 Å². The molecule has 194 valence electrons. The Balaban J connectivity index is 1.21. The number of imidazole rings is 1. The Bertz CT molecular complexity index is 1970. The van der Waals surface area contributed by atoms with Crippen LogP contribution in [0.3, 0.4) is 0 Å². The van der Waals surface area contributed by atoms with E-state index in [4.69, 9.17) is 4.98 Å². The smallest absolute Gasteiger partial charge is 0.138 e. The largest absolute Gasteiger partial charge is 0.308 e. The SMILES string of the molecule is c1ccc(-c2nc3cc(-c4ccc(N5c6ccccc6Sc6ccccc65)cc4)ccn3c2-c2ccccc2)cc1. The molecule has 0 fully saturated rings. The Labute approximate surface area is 243 Å². The maximum absolute atomic E-state index is 5.14. The van der Waals surface area contributed by atoms with Crippen LogP contribution in [-0.4, -0.2) is 9.38 Å². The Morgan fingerprint density at radius 3 is 1.73 bits per heavy atom. The lowest BCUT2D eigenvalue weighted by molar-refractivity contribution is 1.17. The number of pyridine rings is 1. The molecule has 0 atom stereocenters. The number of rotatable bonds is 4. The van der Waals surface area contributed by atoms with Gasteiger partial charge in [-0.1, -0.05) is 109 Å². The van der Waals surface area contributed by atoms with Crippen LogP contribution >= 0.6 is 11.8 Å². The van der Waals surface area contributed by atoms with Crippen molar-refractivity contribution >= 4 is 34.5 Å². The average molecular weight is 544 g/mol. The van der Waals surface area contributed by atoms with Gasteiger partial charge in [0.15, 0.2) is 0 Å². The normalized spacial score (nSPS) is 12.2. The zero-order chi connectivity index (χ0) is 27.2. The standard InChI is InChI=1S/C37H25N3S/c1-3-11-27(12-4-1)36-37(28-13-5-2-6-14-28)39-24-23-29(25-35(39)38-36)26-19-21-30(22-20-26)40-31-15-7-9-17-33(31)41-34-18-10-8-16-32(34)40/h1-25H. The Kier molecular flexibility index (Phi) is 5.71. The van der Waals surface area contributed by atoms with Crippen molar-refractivity contribution in [2.75, 3.05) is 4.90 Å². The lowest BCUT2D eigenvalue weighted by Crippen LogP contribution is -2.14. The third-order valence-electron chi connectivity index (χ3n) is 7.61. The number of anilines is 3. The minimum absolute atomic E-state index is 0.931. The fraction of sp³-hybridized carbons (Fsp3) is 0. The van der Waals surface area contributed by atoms with Crippen molar-refractivity contribution in [3.63, 3.8) is 0 Å². The van der Waals surface area contributed by atoms with Crippen LogP contribution in [-0.2, 0) is 0 Å². The van der Waals surface area contributed by atoms with Gasteiger partial charge >= 0.3 is 0 Å². The van der Waals surface area contributed by atoms with Crippen LogP contribution < -0.4 is 4.90 Å². The summed E-state index contributed by atoms with van der Waals surface area (Å²) < 4.78 is 2.20. The van der Waals surface area contributed by atoms with E-state index in [9.17, 15) is 0 Å². The first-order valence-electron chi connectivity index (χ1n) is 13.7. The fourth-order valence-corrected chi connectivity index (χ4v) is 6.74. The first-order chi connectivity index (χ1) is 20.3. The van der Waals surface area contributed by atoms with Gasteiger partial charge in [0.1, 0.15) is 5.65 Å². The van der Waals surface area contributed by atoms with Crippen molar-refractivity contribution in [2.24, 2.45) is 0 Å². The van der Waals surface area contributed by atoms with Crippen LogP contribution in [0.25, 0.3) is 39.3 Å². The van der Waals surface area contributed by atoms with E-state index in [1.54, 1.807) is 0 Å². The molecule has 8 rings (SSSR count). The molecule has 2 aromatic heterocycles. The second kappa shape index (κ2) is 9.84. The van der Waals surface area contributed by atoms with E-state index >= 15 is 0 Å². The van der Waals surface area contributed by atoms with Crippen LogP contribution in [0, 0.1) is 0 Å². The molecule has 0 spiro atoms. The summed E-state index contributed by atoms with van der Waals surface area (Å²) in [5.41, 5.74) is 11.2. The maximum Gasteiger partial charge on any atom is 0.138 e. The Morgan fingerprint density at radius 1 is 0.488 bits per heavy atom. The first-order valence-corrected chi connectivity index (χ1v) is 14.5. The lowest BCUT2D eigenvalue weighted by Gasteiger charge is -2.32. The van der Waals surface area contributed by atoms with Crippen LogP contribution in [0.4, 0.5) is 17.1 Å². The molecule has 41 heavy (non-hydrogen) atoms. The van der Waals surface area contributed by atoms with Crippen LogP contribution in [0.1, 0.15) is 0 Å². The van der Waals surface area contributed by atoms with Gasteiger partial charge in [-0.25, -0.2) is 4.98 Å². The summed E-state index contributed by atoms with van der Waals surface area (Å²) in [5, 5.41) is 0. The molecule has 4 heteroatoms. The molecule has 7 aromatic rings. The molecule has 0 amide bonds. The molecular formula is C37H25N3S. The summed E-state index contributed by atoms with van der Waals surface area (Å²) in [6.07, 6.45) is 2.15. The number of hydrogen-bond acceptors (Lipinski definition) is 3. The highest BCUT2D eigenvalue weighted by Crippen LogP contribution is 2.51. The van der Waals surface area contributed by atoms with E-state index in [0.29, 0.717) is 0 Å². The molecule has 0 aliphatic carbocycles. The van der Waals surface area contributed by atoms with Crippen molar-refractivity contribution in [2.45, 2.75) is 9.79 Å². The van der Waals surface area contributed by atoms with Gasteiger partial charge < -0.3 is 4.90 Å².